The number of nitrogens with zero attached hydrogens (tertiary/aromatic N) is 2. The van der Waals surface area contributed by atoms with Crippen LogP contribution in [0.1, 0.15) is 11.1 Å². The van der Waals surface area contributed by atoms with Crippen molar-refractivity contribution in [3.05, 3.63) is 69.7 Å². The standard InChI is InChI=1S/C18H16Cl2N4OS2/c19-14-7-6-13(15(20)8-14)10-21-16(25)11-26-18-24-23-17(27-18)22-9-12-4-2-1-3-5-12/h1-8H,9-11H2,(H,21,25)(H,22,23). The zero-order chi connectivity index (χ0) is 19.1. The van der Waals surface area contributed by atoms with E-state index in [9.17, 15) is 4.79 Å². The Morgan fingerprint density at radius 2 is 1.89 bits per heavy atom. The van der Waals surface area contributed by atoms with Gasteiger partial charge in [-0.1, -0.05) is 82.7 Å². The number of amides is 1. The molecule has 2 N–H and O–H groups in total. The van der Waals surface area contributed by atoms with Crippen LogP contribution in [0.2, 0.25) is 10.0 Å². The number of benzene rings is 2. The van der Waals surface area contributed by atoms with Gasteiger partial charge in [0.15, 0.2) is 4.34 Å². The SMILES string of the molecule is O=C(CSc1nnc(NCc2ccccc2)s1)NCc1ccc(Cl)cc1Cl. The number of thioether (sulfide) groups is 1. The van der Waals surface area contributed by atoms with Gasteiger partial charge in [0.2, 0.25) is 11.0 Å². The van der Waals surface area contributed by atoms with Crippen molar-refractivity contribution in [2.45, 2.75) is 17.4 Å². The predicted molar refractivity (Wildman–Crippen MR) is 113 cm³/mol. The molecule has 0 spiro atoms. The number of rotatable bonds is 8. The number of carbonyl (C=O) groups excluding carboxylic acids is 1. The van der Waals surface area contributed by atoms with Gasteiger partial charge in [0, 0.05) is 23.1 Å². The van der Waals surface area contributed by atoms with Crippen LogP contribution in [0.15, 0.2) is 52.9 Å². The summed E-state index contributed by atoms with van der Waals surface area (Å²) in [4.78, 5) is 12.0. The molecule has 140 valence electrons. The summed E-state index contributed by atoms with van der Waals surface area (Å²) in [6, 6.07) is 15.3. The summed E-state index contributed by atoms with van der Waals surface area (Å²) in [6.07, 6.45) is 0. The highest BCUT2D eigenvalue weighted by Crippen LogP contribution is 2.26. The van der Waals surface area contributed by atoms with E-state index in [4.69, 9.17) is 23.2 Å². The minimum atomic E-state index is -0.0972. The number of aromatic nitrogens is 2. The lowest BCUT2D eigenvalue weighted by Gasteiger charge is -2.06. The molecule has 0 aliphatic carbocycles. The first-order valence-corrected chi connectivity index (χ1v) is 10.6. The number of carbonyl (C=O) groups is 1. The Kier molecular flexibility index (Phi) is 7.34. The van der Waals surface area contributed by atoms with E-state index in [1.54, 1.807) is 18.2 Å². The molecule has 3 rings (SSSR count). The third kappa shape index (κ3) is 6.39. The molecule has 5 nitrogen and oxygen atoms in total. The van der Waals surface area contributed by atoms with Gasteiger partial charge in [0.25, 0.3) is 0 Å². The fraction of sp³-hybridized carbons (Fsp3) is 0.167. The van der Waals surface area contributed by atoms with Crippen molar-refractivity contribution in [2.24, 2.45) is 0 Å². The molecule has 0 saturated heterocycles. The Morgan fingerprint density at radius 3 is 2.67 bits per heavy atom. The van der Waals surface area contributed by atoms with Crippen molar-refractivity contribution in [1.29, 1.82) is 0 Å². The first-order valence-electron chi connectivity index (χ1n) is 8.05. The maximum Gasteiger partial charge on any atom is 0.230 e. The van der Waals surface area contributed by atoms with Gasteiger partial charge in [0.1, 0.15) is 0 Å². The fourth-order valence-electron chi connectivity index (χ4n) is 2.15. The monoisotopic (exact) mass is 438 g/mol. The minimum absolute atomic E-state index is 0.0972. The molecule has 0 atom stereocenters. The maximum atomic E-state index is 12.0. The molecule has 0 saturated carbocycles. The number of anilines is 1. The second-order valence-electron chi connectivity index (χ2n) is 5.51. The van der Waals surface area contributed by atoms with Crippen LogP contribution in [0.5, 0.6) is 0 Å². The van der Waals surface area contributed by atoms with Gasteiger partial charge < -0.3 is 10.6 Å². The molecule has 0 bridgehead atoms. The lowest BCUT2D eigenvalue weighted by Crippen LogP contribution is -2.24. The van der Waals surface area contributed by atoms with Gasteiger partial charge in [-0.2, -0.15) is 0 Å². The molecule has 0 aliphatic rings. The summed E-state index contributed by atoms with van der Waals surface area (Å²) >= 11 is 14.7. The molecule has 2 aromatic carbocycles. The second-order valence-corrected chi connectivity index (χ2v) is 8.56. The molecule has 0 unspecified atom stereocenters. The van der Waals surface area contributed by atoms with E-state index in [2.05, 4.69) is 20.8 Å². The number of hydrogen-bond acceptors (Lipinski definition) is 6. The lowest BCUT2D eigenvalue weighted by atomic mass is 10.2. The quantitative estimate of drug-likeness (QED) is 0.491. The van der Waals surface area contributed by atoms with Gasteiger partial charge in [-0.25, -0.2) is 0 Å². The molecule has 9 heteroatoms. The van der Waals surface area contributed by atoms with Crippen LogP contribution >= 0.6 is 46.3 Å². The van der Waals surface area contributed by atoms with Crippen molar-refractivity contribution in [3.63, 3.8) is 0 Å². The summed E-state index contributed by atoms with van der Waals surface area (Å²) in [5.41, 5.74) is 1.99. The highest BCUT2D eigenvalue weighted by Gasteiger charge is 2.09. The Bertz CT molecular complexity index is 905. The third-order valence-electron chi connectivity index (χ3n) is 3.51. The lowest BCUT2D eigenvalue weighted by molar-refractivity contribution is -0.118. The third-order valence-corrected chi connectivity index (χ3v) is 6.11. The van der Waals surface area contributed by atoms with Crippen molar-refractivity contribution < 1.29 is 4.79 Å². The number of nitrogens with one attached hydrogen (secondary N) is 2. The Labute approximate surface area is 175 Å². The zero-order valence-electron chi connectivity index (χ0n) is 14.1. The van der Waals surface area contributed by atoms with Gasteiger partial charge in [-0.3, -0.25) is 4.79 Å². The molecule has 0 fully saturated rings. The fourth-order valence-corrected chi connectivity index (χ4v) is 4.20. The highest BCUT2D eigenvalue weighted by atomic mass is 35.5. The van der Waals surface area contributed by atoms with E-state index in [-0.39, 0.29) is 11.7 Å². The van der Waals surface area contributed by atoms with E-state index < -0.39 is 0 Å². The first-order chi connectivity index (χ1) is 13.1. The van der Waals surface area contributed by atoms with Gasteiger partial charge in [-0.05, 0) is 23.3 Å². The van der Waals surface area contributed by atoms with Crippen LogP contribution in [0.4, 0.5) is 5.13 Å². The van der Waals surface area contributed by atoms with Crippen molar-refractivity contribution in [3.8, 4) is 0 Å². The summed E-state index contributed by atoms with van der Waals surface area (Å²) < 4.78 is 0.741. The Balaban J connectivity index is 1.42. The van der Waals surface area contributed by atoms with Crippen molar-refractivity contribution in [2.75, 3.05) is 11.1 Å². The second kappa shape index (κ2) is 9.94. The molecular weight excluding hydrogens is 423 g/mol. The smallest absolute Gasteiger partial charge is 0.230 e. The zero-order valence-corrected chi connectivity index (χ0v) is 17.3. The van der Waals surface area contributed by atoms with Gasteiger partial charge in [-0.15, -0.1) is 10.2 Å². The molecule has 0 aliphatic heterocycles. The molecule has 3 aromatic rings. The topological polar surface area (TPSA) is 66.9 Å². The summed E-state index contributed by atoms with van der Waals surface area (Å²) in [5, 5.41) is 16.1. The van der Waals surface area contributed by atoms with Crippen LogP contribution in [-0.2, 0) is 17.9 Å². The van der Waals surface area contributed by atoms with Crippen LogP contribution in [-0.4, -0.2) is 21.9 Å². The normalized spacial score (nSPS) is 10.6. The van der Waals surface area contributed by atoms with Crippen LogP contribution in [0.3, 0.4) is 0 Å². The molecule has 27 heavy (non-hydrogen) atoms. The Hall–Kier alpha value is -1.80. The molecular formula is C18H16Cl2N4OS2. The molecule has 1 aromatic heterocycles. The van der Waals surface area contributed by atoms with Crippen molar-refractivity contribution in [1.82, 2.24) is 15.5 Å². The Morgan fingerprint density at radius 1 is 1.07 bits per heavy atom. The predicted octanol–water partition coefficient (Wildman–Crippen LogP) is 4.87. The van der Waals surface area contributed by atoms with Crippen LogP contribution < -0.4 is 10.6 Å². The molecule has 1 amide bonds. The molecule has 1 heterocycles. The van der Waals surface area contributed by atoms with E-state index in [0.717, 1.165) is 15.0 Å². The van der Waals surface area contributed by atoms with Gasteiger partial charge in [0.05, 0.1) is 5.75 Å². The number of hydrogen-bond donors (Lipinski definition) is 2. The minimum Gasteiger partial charge on any atom is -0.356 e. The molecule has 0 radical (unpaired) electrons. The van der Waals surface area contributed by atoms with E-state index in [1.165, 1.54) is 28.7 Å². The first kappa shape index (κ1) is 19.9. The largest absolute Gasteiger partial charge is 0.356 e. The van der Waals surface area contributed by atoms with E-state index in [0.29, 0.717) is 23.1 Å². The average molecular weight is 439 g/mol. The number of halogens is 2. The maximum absolute atomic E-state index is 12.0. The van der Waals surface area contributed by atoms with Gasteiger partial charge >= 0.3 is 0 Å². The summed E-state index contributed by atoms with van der Waals surface area (Å²) in [5.74, 6) is 0.165. The van der Waals surface area contributed by atoms with Crippen LogP contribution in [0.25, 0.3) is 0 Å². The summed E-state index contributed by atoms with van der Waals surface area (Å²) in [6.45, 7) is 1.04. The van der Waals surface area contributed by atoms with Crippen LogP contribution in [0, 0.1) is 0 Å². The summed E-state index contributed by atoms with van der Waals surface area (Å²) in [7, 11) is 0. The highest BCUT2D eigenvalue weighted by molar-refractivity contribution is 8.01. The van der Waals surface area contributed by atoms with E-state index >= 15 is 0 Å². The van der Waals surface area contributed by atoms with E-state index in [1.807, 2.05) is 30.3 Å². The van der Waals surface area contributed by atoms with Crippen molar-refractivity contribution >= 4 is 57.3 Å². The average Bonchev–Trinajstić information content (AvgIpc) is 3.13.